The van der Waals surface area contributed by atoms with Crippen molar-refractivity contribution in [1.29, 1.82) is 0 Å². The first-order valence-corrected chi connectivity index (χ1v) is 10.7. The highest BCUT2D eigenvalue weighted by Gasteiger charge is 2.27. The second-order valence-electron chi connectivity index (χ2n) is 6.29. The molecule has 0 aliphatic heterocycles. The number of rotatable bonds is 10. The van der Waals surface area contributed by atoms with Gasteiger partial charge in [-0.2, -0.15) is 0 Å². The molecule has 0 spiro atoms. The Kier molecular flexibility index (Phi) is 8.31. The second-order valence-corrected chi connectivity index (χ2v) is 7.94. The van der Waals surface area contributed by atoms with Crippen LogP contribution in [0.2, 0.25) is 0 Å². The summed E-state index contributed by atoms with van der Waals surface area (Å²) >= 11 is 0. The summed E-state index contributed by atoms with van der Waals surface area (Å²) in [5.41, 5.74) is 3.35. The lowest BCUT2D eigenvalue weighted by Gasteiger charge is -2.19. The molecule has 0 amide bonds. The molecule has 2 N–H and O–H groups in total. The smallest absolute Gasteiger partial charge is 0.373 e. The Morgan fingerprint density at radius 3 is 2.32 bits per heavy atom. The summed E-state index contributed by atoms with van der Waals surface area (Å²) in [6.07, 6.45) is 0. The van der Waals surface area contributed by atoms with Crippen LogP contribution in [0.15, 0.2) is 65.8 Å². The molecule has 1 unspecified atom stereocenters. The maximum absolute atomic E-state index is 12.7. The van der Waals surface area contributed by atoms with Gasteiger partial charge in [0, 0.05) is 0 Å². The Bertz CT molecular complexity index is 1050. The molecule has 0 aliphatic rings. The molecule has 1 atom stereocenters. The summed E-state index contributed by atoms with van der Waals surface area (Å²) < 4.78 is 40.2. The zero-order chi connectivity index (χ0) is 23.0. The van der Waals surface area contributed by atoms with Crippen LogP contribution < -0.4 is 15.0 Å². The maximum atomic E-state index is 12.7. The van der Waals surface area contributed by atoms with Crippen molar-refractivity contribution >= 4 is 22.0 Å². The topological polar surface area (TPSA) is 120 Å². The molecule has 0 aliphatic carbocycles. The van der Waals surface area contributed by atoms with E-state index in [-0.39, 0.29) is 11.5 Å². The summed E-state index contributed by atoms with van der Waals surface area (Å²) in [5, 5.41) is 0. The first-order valence-electron chi connectivity index (χ1n) is 9.24. The first kappa shape index (κ1) is 24.1. The summed E-state index contributed by atoms with van der Waals surface area (Å²) in [6, 6.07) is 11.4. The van der Waals surface area contributed by atoms with Crippen LogP contribution in [-0.2, 0) is 29.1 Å². The SMILES string of the molecule is C=C(OC(=O)C(NNS(=O)(=O)c1ccccc1C)c1ccc(OC)cc1)C(=O)OCC. The normalized spacial score (nSPS) is 12.0. The predicted octanol–water partition coefficient (Wildman–Crippen LogP) is 2.15. The van der Waals surface area contributed by atoms with Gasteiger partial charge < -0.3 is 14.2 Å². The third-order valence-corrected chi connectivity index (χ3v) is 5.56. The number of sulfonamides is 1. The lowest BCUT2D eigenvalue weighted by Crippen LogP contribution is -2.43. The van der Waals surface area contributed by atoms with Crippen molar-refractivity contribution in [2.75, 3.05) is 13.7 Å². The predicted molar refractivity (Wildman–Crippen MR) is 112 cm³/mol. The number of hydrogen-bond acceptors (Lipinski definition) is 8. The van der Waals surface area contributed by atoms with E-state index in [1.165, 1.54) is 13.2 Å². The molecule has 0 bridgehead atoms. The number of ether oxygens (including phenoxy) is 3. The summed E-state index contributed by atoms with van der Waals surface area (Å²) in [5.74, 6) is -1.85. The van der Waals surface area contributed by atoms with E-state index in [0.29, 0.717) is 16.9 Å². The van der Waals surface area contributed by atoms with Gasteiger partial charge in [-0.05, 0) is 49.8 Å². The quantitative estimate of drug-likeness (QED) is 0.246. The van der Waals surface area contributed by atoms with Gasteiger partial charge in [-0.1, -0.05) is 30.3 Å². The number of nitrogens with one attached hydrogen (secondary N) is 2. The molecule has 0 radical (unpaired) electrons. The highest BCUT2D eigenvalue weighted by atomic mass is 32.2. The van der Waals surface area contributed by atoms with Crippen LogP contribution >= 0.6 is 0 Å². The molecule has 31 heavy (non-hydrogen) atoms. The summed E-state index contributed by atoms with van der Waals surface area (Å²) in [7, 11) is -2.52. The van der Waals surface area contributed by atoms with Crippen molar-refractivity contribution in [2.45, 2.75) is 24.8 Å². The Balaban J connectivity index is 2.27. The van der Waals surface area contributed by atoms with Crippen molar-refractivity contribution in [3.05, 3.63) is 72.0 Å². The van der Waals surface area contributed by atoms with Crippen LogP contribution in [-0.4, -0.2) is 34.1 Å². The number of carbonyl (C=O) groups excluding carboxylic acids is 2. The third-order valence-electron chi connectivity index (χ3n) is 4.13. The first-order chi connectivity index (χ1) is 14.7. The molecule has 0 saturated carbocycles. The summed E-state index contributed by atoms with van der Waals surface area (Å²) in [6.45, 7) is 6.69. The minimum absolute atomic E-state index is 0.0419. The average molecular weight is 448 g/mol. The molecule has 0 fully saturated rings. The van der Waals surface area contributed by atoms with E-state index >= 15 is 0 Å². The molecule has 2 aromatic rings. The van der Waals surface area contributed by atoms with E-state index in [2.05, 4.69) is 16.8 Å². The van der Waals surface area contributed by atoms with Gasteiger partial charge >= 0.3 is 11.9 Å². The molecule has 9 nitrogen and oxygen atoms in total. The molecule has 0 heterocycles. The lowest BCUT2D eigenvalue weighted by atomic mass is 10.1. The Hall–Kier alpha value is -3.21. The number of benzene rings is 2. The van der Waals surface area contributed by atoms with Crippen LogP contribution in [0.1, 0.15) is 24.1 Å². The van der Waals surface area contributed by atoms with Gasteiger partial charge in [-0.15, -0.1) is 4.83 Å². The number of hydrogen-bond donors (Lipinski definition) is 2. The number of carbonyl (C=O) groups is 2. The van der Waals surface area contributed by atoms with E-state index in [4.69, 9.17) is 14.2 Å². The van der Waals surface area contributed by atoms with Crippen LogP contribution in [0, 0.1) is 6.92 Å². The summed E-state index contributed by atoms with van der Waals surface area (Å²) in [4.78, 5) is 26.7. The van der Waals surface area contributed by atoms with E-state index in [1.54, 1.807) is 56.3 Å². The minimum Gasteiger partial charge on any atom is -0.497 e. The van der Waals surface area contributed by atoms with Crippen molar-refractivity contribution in [3.63, 3.8) is 0 Å². The minimum atomic E-state index is -4.00. The molecule has 2 aromatic carbocycles. The van der Waals surface area contributed by atoms with Crippen molar-refractivity contribution in [2.24, 2.45) is 0 Å². The van der Waals surface area contributed by atoms with Crippen molar-refractivity contribution in [3.8, 4) is 5.75 Å². The van der Waals surface area contributed by atoms with Gasteiger partial charge in [0.15, 0.2) is 0 Å². The highest BCUT2D eigenvalue weighted by molar-refractivity contribution is 7.89. The van der Waals surface area contributed by atoms with E-state index in [9.17, 15) is 18.0 Å². The second kappa shape index (κ2) is 10.7. The molecule has 10 heteroatoms. The van der Waals surface area contributed by atoms with Crippen LogP contribution in [0.25, 0.3) is 0 Å². The number of hydrazine groups is 1. The molecule has 0 saturated heterocycles. The van der Waals surface area contributed by atoms with Crippen molar-refractivity contribution in [1.82, 2.24) is 10.3 Å². The monoisotopic (exact) mass is 448 g/mol. The van der Waals surface area contributed by atoms with Crippen molar-refractivity contribution < 1.29 is 32.2 Å². The van der Waals surface area contributed by atoms with Gasteiger partial charge in [-0.25, -0.2) is 23.4 Å². The fourth-order valence-corrected chi connectivity index (χ4v) is 3.69. The molecule has 2 rings (SSSR count). The van der Waals surface area contributed by atoms with Gasteiger partial charge in [0.25, 0.3) is 10.0 Å². The average Bonchev–Trinajstić information content (AvgIpc) is 2.74. The Labute approximate surface area is 181 Å². The van der Waals surface area contributed by atoms with Gasteiger partial charge in [0.05, 0.1) is 18.6 Å². The maximum Gasteiger partial charge on any atom is 0.373 e. The highest BCUT2D eigenvalue weighted by Crippen LogP contribution is 2.21. The molecule has 166 valence electrons. The zero-order valence-electron chi connectivity index (χ0n) is 17.4. The molecule has 0 aromatic heterocycles. The third kappa shape index (κ3) is 6.38. The van der Waals surface area contributed by atoms with E-state index < -0.39 is 33.8 Å². The Morgan fingerprint density at radius 2 is 1.74 bits per heavy atom. The molecular formula is C21H24N2O7S. The number of aryl methyl sites for hydroxylation is 1. The van der Waals surface area contributed by atoms with Crippen LogP contribution in [0.3, 0.4) is 0 Å². The van der Waals surface area contributed by atoms with E-state index in [1.807, 2.05) is 0 Å². The van der Waals surface area contributed by atoms with Gasteiger partial charge in [0.2, 0.25) is 5.76 Å². The fourth-order valence-electron chi connectivity index (χ4n) is 2.56. The fraction of sp³-hybridized carbons (Fsp3) is 0.238. The standard InChI is InChI=1S/C21H24N2O7S/c1-5-29-20(24)15(3)30-21(25)19(16-10-12-17(28-4)13-11-16)22-23-31(26,27)18-9-7-6-8-14(18)2/h6-13,19,22-23H,3,5H2,1-2,4H3. The van der Waals surface area contributed by atoms with E-state index in [0.717, 1.165) is 0 Å². The zero-order valence-corrected chi connectivity index (χ0v) is 18.2. The molecular weight excluding hydrogens is 424 g/mol. The number of methoxy groups -OCH3 is 1. The van der Waals surface area contributed by atoms with Crippen LogP contribution in [0.4, 0.5) is 0 Å². The van der Waals surface area contributed by atoms with Gasteiger partial charge in [-0.3, -0.25) is 0 Å². The lowest BCUT2D eigenvalue weighted by molar-refractivity contribution is -0.152. The Morgan fingerprint density at radius 1 is 1.10 bits per heavy atom. The largest absolute Gasteiger partial charge is 0.497 e. The van der Waals surface area contributed by atoms with Gasteiger partial charge in [0.1, 0.15) is 11.8 Å². The van der Waals surface area contributed by atoms with Crippen LogP contribution in [0.5, 0.6) is 5.75 Å². The number of esters is 2.